The van der Waals surface area contributed by atoms with Crippen molar-refractivity contribution in [1.82, 2.24) is 0 Å². The Morgan fingerprint density at radius 2 is 1.60 bits per heavy atom. The number of anilines is 1. The van der Waals surface area contributed by atoms with Crippen molar-refractivity contribution < 1.29 is 0 Å². The van der Waals surface area contributed by atoms with Crippen molar-refractivity contribution in [2.24, 2.45) is 0 Å². The SMILES string of the molecule is Clc1ccc(CNc2ccc3ccccc3c2)c(Cl)c1. The van der Waals surface area contributed by atoms with Crippen LogP contribution in [0.3, 0.4) is 0 Å². The molecule has 0 aliphatic carbocycles. The van der Waals surface area contributed by atoms with Gasteiger partial charge >= 0.3 is 0 Å². The molecule has 1 N–H and O–H groups in total. The third-order valence-electron chi connectivity index (χ3n) is 3.25. The number of benzene rings is 3. The molecule has 0 aliphatic rings. The molecule has 0 radical (unpaired) electrons. The summed E-state index contributed by atoms with van der Waals surface area (Å²) in [5, 5.41) is 7.19. The first-order valence-electron chi connectivity index (χ1n) is 6.39. The minimum atomic E-state index is 0.657. The summed E-state index contributed by atoms with van der Waals surface area (Å²) in [5.74, 6) is 0. The Morgan fingerprint density at radius 3 is 2.40 bits per heavy atom. The fourth-order valence-electron chi connectivity index (χ4n) is 2.16. The summed E-state index contributed by atoms with van der Waals surface area (Å²) in [4.78, 5) is 0. The number of hydrogen-bond donors (Lipinski definition) is 1. The maximum atomic E-state index is 6.17. The summed E-state index contributed by atoms with van der Waals surface area (Å²) >= 11 is 12.1. The lowest BCUT2D eigenvalue weighted by Crippen LogP contribution is -1.99. The van der Waals surface area contributed by atoms with E-state index >= 15 is 0 Å². The van der Waals surface area contributed by atoms with Gasteiger partial charge < -0.3 is 5.32 Å². The maximum absolute atomic E-state index is 6.17. The summed E-state index contributed by atoms with van der Waals surface area (Å²) < 4.78 is 0. The lowest BCUT2D eigenvalue weighted by atomic mass is 10.1. The Morgan fingerprint density at radius 1 is 0.800 bits per heavy atom. The first kappa shape index (κ1) is 13.3. The van der Waals surface area contributed by atoms with Crippen LogP contribution in [0.4, 0.5) is 5.69 Å². The highest BCUT2D eigenvalue weighted by Crippen LogP contribution is 2.23. The van der Waals surface area contributed by atoms with Gasteiger partial charge in [-0.15, -0.1) is 0 Å². The summed E-state index contributed by atoms with van der Waals surface area (Å²) in [6, 6.07) is 20.2. The molecule has 0 saturated carbocycles. The molecule has 1 nitrogen and oxygen atoms in total. The van der Waals surface area contributed by atoms with Crippen LogP contribution in [0.2, 0.25) is 10.0 Å². The first-order valence-corrected chi connectivity index (χ1v) is 7.14. The smallest absolute Gasteiger partial charge is 0.0470 e. The van der Waals surface area contributed by atoms with E-state index < -0.39 is 0 Å². The zero-order valence-corrected chi connectivity index (χ0v) is 12.2. The van der Waals surface area contributed by atoms with Gasteiger partial charge in [0.1, 0.15) is 0 Å². The molecular formula is C17H13Cl2N. The van der Waals surface area contributed by atoms with Gasteiger partial charge in [-0.3, -0.25) is 0 Å². The summed E-state index contributed by atoms with van der Waals surface area (Å²) in [5.41, 5.74) is 2.11. The number of halogens is 2. The van der Waals surface area contributed by atoms with Gasteiger partial charge in [0.05, 0.1) is 0 Å². The number of rotatable bonds is 3. The van der Waals surface area contributed by atoms with E-state index in [-0.39, 0.29) is 0 Å². The molecule has 0 spiro atoms. The molecule has 0 heterocycles. The fourth-order valence-corrected chi connectivity index (χ4v) is 2.64. The molecule has 3 aromatic carbocycles. The average Bonchev–Trinajstić information content (AvgIpc) is 2.46. The lowest BCUT2D eigenvalue weighted by Gasteiger charge is -2.09. The Balaban J connectivity index is 1.79. The second-order valence-corrected chi connectivity index (χ2v) is 5.49. The summed E-state index contributed by atoms with van der Waals surface area (Å²) in [6.45, 7) is 0.675. The summed E-state index contributed by atoms with van der Waals surface area (Å²) in [7, 11) is 0. The van der Waals surface area contributed by atoms with Crippen LogP contribution in [0.15, 0.2) is 60.7 Å². The van der Waals surface area contributed by atoms with E-state index in [0.29, 0.717) is 16.6 Å². The number of fused-ring (bicyclic) bond motifs is 1. The predicted octanol–water partition coefficient (Wildman–Crippen LogP) is 5.76. The van der Waals surface area contributed by atoms with E-state index in [1.165, 1.54) is 10.8 Å². The lowest BCUT2D eigenvalue weighted by molar-refractivity contribution is 1.15. The van der Waals surface area contributed by atoms with Crippen LogP contribution in [0, 0.1) is 0 Å². The number of hydrogen-bond acceptors (Lipinski definition) is 1. The van der Waals surface area contributed by atoms with Crippen LogP contribution in [0.5, 0.6) is 0 Å². The van der Waals surface area contributed by atoms with Gasteiger partial charge in [0.15, 0.2) is 0 Å². The predicted molar refractivity (Wildman–Crippen MR) is 87.7 cm³/mol. The first-order chi connectivity index (χ1) is 9.72. The second kappa shape index (κ2) is 5.74. The minimum Gasteiger partial charge on any atom is -0.381 e. The molecule has 0 aromatic heterocycles. The van der Waals surface area contributed by atoms with E-state index in [2.05, 4.69) is 35.6 Å². The van der Waals surface area contributed by atoms with E-state index in [1.54, 1.807) is 6.07 Å². The van der Waals surface area contributed by atoms with Crippen molar-refractivity contribution in [2.45, 2.75) is 6.54 Å². The quantitative estimate of drug-likeness (QED) is 0.648. The molecule has 100 valence electrons. The van der Waals surface area contributed by atoms with Gasteiger partial charge in [0.25, 0.3) is 0 Å². The topological polar surface area (TPSA) is 12.0 Å². The molecule has 20 heavy (non-hydrogen) atoms. The van der Waals surface area contributed by atoms with Crippen molar-refractivity contribution in [3.63, 3.8) is 0 Å². The van der Waals surface area contributed by atoms with Gasteiger partial charge in [0.2, 0.25) is 0 Å². The Bertz CT molecular complexity index is 753. The molecule has 3 heteroatoms. The van der Waals surface area contributed by atoms with Gasteiger partial charge in [0, 0.05) is 22.3 Å². The molecule has 3 aromatic rings. The van der Waals surface area contributed by atoms with Crippen LogP contribution in [0.1, 0.15) is 5.56 Å². The highest BCUT2D eigenvalue weighted by atomic mass is 35.5. The molecule has 0 fully saturated rings. The third-order valence-corrected chi connectivity index (χ3v) is 3.83. The highest BCUT2D eigenvalue weighted by molar-refractivity contribution is 6.35. The van der Waals surface area contributed by atoms with Crippen LogP contribution in [0.25, 0.3) is 10.8 Å². The van der Waals surface area contributed by atoms with Crippen molar-refractivity contribution >= 4 is 39.7 Å². The molecule has 0 atom stereocenters. The zero-order valence-electron chi connectivity index (χ0n) is 10.7. The molecule has 0 saturated heterocycles. The fraction of sp³-hybridized carbons (Fsp3) is 0.0588. The van der Waals surface area contributed by atoms with Crippen molar-refractivity contribution in [3.05, 3.63) is 76.3 Å². The Labute approximate surface area is 128 Å². The average molecular weight is 302 g/mol. The molecule has 3 rings (SSSR count). The van der Waals surface area contributed by atoms with E-state index in [1.807, 2.05) is 24.3 Å². The van der Waals surface area contributed by atoms with Crippen molar-refractivity contribution in [1.29, 1.82) is 0 Å². The number of nitrogens with one attached hydrogen (secondary N) is 1. The highest BCUT2D eigenvalue weighted by Gasteiger charge is 2.02. The van der Waals surface area contributed by atoms with E-state index in [9.17, 15) is 0 Å². The monoisotopic (exact) mass is 301 g/mol. The Hall–Kier alpha value is -1.70. The molecule has 0 aliphatic heterocycles. The van der Waals surface area contributed by atoms with Crippen molar-refractivity contribution in [2.75, 3.05) is 5.32 Å². The van der Waals surface area contributed by atoms with Gasteiger partial charge in [-0.1, -0.05) is 59.6 Å². The van der Waals surface area contributed by atoms with Crippen LogP contribution >= 0.6 is 23.2 Å². The summed E-state index contributed by atoms with van der Waals surface area (Å²) in [6.07, 6.45) is 0. The second-order valence-electron chi connectivity index (χ2n) is 4.65. The molecule has 0 unspecified atom stereocenters. The van der Waals surface area contributed by atoms with Gasteiger partial charge in [-0.2, -0.15) is 0 Å². The van der Waals surface area contributed by atoms with Crippen molar-refractivity contribution in [3.8, 4) is 0 Å². The van der Waals surface area contributed by atoms with Crippen LogP contribution in [-0.2, 0) is 6.54 Å². The van der Waals surface area contributed by atoms with E-state index in [4.69, 9.17) is 23.2 Å². The maximum Gasteiger partial charge on any atom is 0.0470 e. The third kappa shape index (κ3) is 2.90. The normalized spacial score (nSPS) is 10.7. The molecular weight excluding hydrogens is 289 g/mol. The van der Waals surface area contributed by atoms with Crippen LogP contribution in [-0.4, -0.2) is 0 Å². The van der Waals surface area contributed by atoms with E-state index in [0.717, 1.165) is 11.3 Å². The zero-order chi connectivity index (χ0) is 13.9. The molecule has 0 amide bonds. The standard InChI is InChI=1S/C17H13Cl2N/c18-15-7-5-14(17(19)10-15)11-20-16-8-6-12-3-1-2-4-13(12)9-16/h1-10,20H,11H2. The molecule has 0 bridgehead atoms. The minimum absolute atomic E-state index is 0.657. The Kier molecular flexibility index (Phi) is 3.81. The van der Waals surface area contributed by atoms with Gasteiger partial charge in [-0.05, 0) is 40.6 Å². The van der Waals surface area contributed by atoms with Gasteiger partial charge in [-0.25, -0.2) is 0 Å². The van der Waals surface area contributed by atoms with Crippen LogP contribution < -0.4 is 5.32 Å². The largest absolute Gasteiger partial charge is 0.381 e.